The molecule has 0 radical (unpaired) electrons. The lowest BCUT2D eigenvalue weighted by Crippen LogP contribution is -2.24. The number of rotatable bonds is 7. The fourth-order valence-corrected chi connectivity index (χ4v) is 1.60. The lowest BCUT2D eigenvalue weighted by Gasteiger charge is -2.09. The van der Waals surface area contributed by atoms with Gasteiger partial charge in [-0.2, -0.15) is 5.10 Å². The number of nitrogens with zero attached hydrogens (tertiary/aromatic N) is 3. The van der Waals surface area contributed by atoms with Gasteiger partial charge in [0.15, 0.2) is 0 Å². The maximum absolute atomic E-state index is 5.92. The minimum Gasteiger partial charge on any atom is -0.315 e. The Balaban J connectivity index is 2.07. The second kappa shape index (κ2) is 6.89. The van der Waals surface area contributed by atoms with E-state index in [1.54, 1.807) is 0 Å². The molecule has 0 aliphatic rings. The molecule has 1 aromatic heterocycles. The number of hydrogen-bond acceptors (Lipinski definition) is 3. The van der Waals surface area contributed by atoms with Crippen LogP contribution in [-0.2, 0) is 6.54 Å². The highest BCUT2D eigenvalue weighted by atomic mass is 35.5. The van der Waals surface area contributed by atoms with Gasteiger partial charge in [0.25, 0.3) is 0 Å². The molecule has 1 N–H and O–H groups in total. The third-order valence-electron chi connectivity index (χ3n) is 2.36. The summed E-state index contributed by atoms with van der Waals surface area (Å²) in [6.45, 7) is 5.90. The van der Waals surface area contributed by atoms with Crippen molar-refractivity contribution in [2.24, 2.45) is 0 Å². The summed E-state index contributed by atoms with van der Waals surface area (Å²) in [4.78, 5) is 2.19. The Labute approximate surface area is 103 Å². The van der Waals surface area contributed by atoms with Gasteiger partial charge < -0.3 is 10.2 Å². The molecule has 1 aromatic rings. The maximum atomic E-state index is 5.92. The van der Waals surface area contributed by atoms with Crippen LogP contribution in [0.3, 0.4) is 0 Å². The van der Waals surface area contributed by atoms with Crippen molar-refractivity contribution in [2.75, 3.05) is 33.7 Å². The van der Waals surface area contributed by atoms with Crippen LogP contribution in [0.5, 0.6) is 0 Å². The first-order valence-corrected chi connectivity index (χ1v) is 6.02. The molecule has 0 bridgehead atoms. The highest BCUT2D eigenvalue weighted by molar-refractivity contribution is 6.31. The van der Waals surface area contributed by atoms with Crippen LogP contribution in [0.4, 0.5) is 0 Å². The molecule has 0 unspecified atom stereocenters. The van der Waals surface area contributed by atoms with Crippen LogP contribution in [-0.4, -0.2) is 48.4 Å². The van der Waals surface area contributed by atoms with E-state index in [1.807, 2.05) is 17.8 Å². The van der Waals surface area contributed by atoms with Crippen molar-refractivity contribution in [3.8, 4) is 0 Å². The first-order valence-electron chi connectivity index (χ1n) is 5.64. The molecule has 4 nitrogen and oxygen atoms in total. The fourth-order valence-electron chi connectivity index (χ4n) is 1.45. The topological polar surface area (TPSA) is 33.1 Å². The van der Waals surface area contributed by atoms with Crippen LogP contribution in [0.2, 0.25) is 5.02 Å². The molecule has 0 atom stereocenters. The molecule has 1 rings (SSSR count). The normalized spacial score (nSPS) is 11.3. The molecule has 16 heavy (non-hydrogen) atoms. The Bertz CT molecular complexity index is 289. The van der Waals surface area contributed by atoms with Gasteiger partial charge in [0.1, 0.15) is 0 Å². The molecule has 0 spiro atoms. The molecule has 0 aliphatic carbocycles. The summed E-state index contributed by atoms with van der Waals surface area (Å²) in [5.74, 6) is 0. The van der Waals surface area contributed by atoms with E-state index in [2.05, 4.69) is 29.4 Å². The smallest absolute Gasteiger partial charge is 0.0814 e. The minimum atomic E-state index is 0.743. The third kappa shape index (κ3) is 4.96. The van der Waals surface area contributed by atoms with Crippen LogP contribution in [0.15, 0.2) is 6.20 Å². The first kappa shape index (κ1) is 13.5. The van der Waals surface area contributed by atoms with Crippen molar-refractivity contribution < 1.29 is 0 Å². The van der Waals surface area contributed by atoms with Crippen molar-refractivity contribution in [1.29, 1.82) is 0 Å². The molecule has 5 heteroatoms. The van der Waals surface area contributed by atoms with Gasteiger partial charge in [0.2, 0.25) is 0 Å². The molecule has 0 saturated heterocycles. The fraction of sp³-hybridized carbons (Fsp3) is 0.727. The van der Waals surface area contributed by atoms with Crippen LogP contribution < -0.4 is 5.32 Å². The summed E-state index contributed by atoms with van der Waals surface area (Å²) in [6.07, 6.45) is 3.05. The molecular weight excluding hydrogens is 224 g/mol. The average Bonchev–Trinajstić information content (AvgIpc) is 2.52. The van der Waals surface area contributed by atoms with Gasteiger partial charge in [-0.05, 0) is 40.5 Å². The summed E-state index contributed by atoms with van der Waals surface area (Å²) in [5.41, 5.74) is 0.897. The van der Waals surface area contributed by atoms with Gasteiger partial charge >= 0.3 is 0 Å². The van der Waals surface area contributed by atoms with Gasteiger partial charge in [-0.25, -0.2) is 0 Å². The molecular formula is C11H21ClN4. The summed E-state index contributed by atoms with van der Waals surface area (Å²) < 4.78 is 1.89. The standard InChI is InChI=1S/C11H21ClN4/c1-10-11(12)9-16(14-10)8-6-13-5-4-7-15(2)3/h9,13H,4-8H2,1-3H3. The van der Waals surface area contributed by atoms with E-state index in [0.717, 1.165) is 36.9 Å². The Kier molecular flexibility index (Phi) is 5.80. The van der Waals surface area contributed by atoms with Crippen molar-refractivity contribution in [3.05, 3.63) is 16.9 Å². The summed E-state index contributed by atoms with van der Waals surface area (Å²) in [7, 11) is 4.18. The van der Waals surface area contributed by atoms with Crippen molar-refractivity contribution in [2.45, 2.75) is 19.9 Å². The average molecular weight is 245 g/mol. The molecule has 92 valence electrons. The number of nitrogens with one attached hydrogen (secondary N) is 1. The van der Waals surface area contributed by atoms with E-state index < -0.39 is 0 Å². The Morgan fingerprint density at radius 3 is 2.75 bits per heavy atom. The number of halogens is 1. The Hall–Kier alpha value is -0.580. The van der Waals surface area contributed by atoms with Crippen molar-refractivity contribution >= 4 is 11.6 Å². The SMILES string of the molecule is Cc1nn(CCNCCCN(C)C)cc1Cl. The van der Waals surface area contributed by atoms with Gasteiger partial charge in [0.05, 0.1) is 17.3 Å². The van der Waals surface area contributed by atoms with E-state index in [4.69, 9.17) is 11.6 Å². The lowest BCUT2D eigenvalue weighted by atomic mass is 10.4. The molecule has 0 aromatic carbocycles. The number of aromatic nitrogens is 2. The molecule has 0 fully saturated rings. The Morgan fingerprint density at radius 2 is 2.19 bits per heavy atom. The zero-order valence-electron chi connectivity index (χ0n) is 10.3. The van der Waals surface area contributed by atoms with E-state index in [0.29, 0.717) is 0 Å². The Morgan fingerprint density at radius 1 is 1.44 bits per heavy atom. The van der Waals surface area contributed by atoms with Gasteiger partial charge in [-0.3, -0.25) is 4.68 Å². The zero-order valence-corrected chi connectivity index (χ0v) is 11.1. The van der Waals surface area contributed by atoms with Crippen molar-refractivity contribution in [1.82, 2.24) is 20.0 Å². The third-order valence-corrected chi connectivity index (χ3v) is 2.73. The number of aryl methyl sites for hydroxylation is 1. The minimum absolute atomic E-state index is 0.743. The molecule has 0 amide bonds. The predicted octanol–water partition coefficient (Wildman–Crippen LogP) is 1.39. The van der Waals surface area contributed by atoms with Crippen LogP contribution in [0, 0.1) is 6.92 Å². The first-order chi connectivity index (χ1) is 7.59. The van der Waals surface area contributed by atoms with Gasteiger partial charge in [-0.1, -0.05) is 11.6 Å². The van der Waals surface area contributed by atoms with E-state index in [-0.39, 0.29) is 0 Å². The highest BCUT2D eigenvalue weighted by Crippen LogP contribution is 2.11. The van der Waals surface area contributed by atoms with Gasteiger partial charge in [-0.15, -0.1) is 0 Å². The molecule has 1 heterocycles. The second-order valence-corrected chi connectivity index (χ2v) is 4.64. The summed E-state index contributed by atoms with van der Waals surface area (Å²) >= 11 is 5.92. The van der Waals surface area contributed by atoms with E-state index >= 15 is 0 Å². The van der Waals surface area contributed by atoms with Crippen LogP contribution in [0.25, 0.3) is 0 Å². The van der Waals surface area contributed by atoms with Crippen LogP contribution in [0.1, 0.15) is 12.1 Å². The van der Waals surface area contributed by atoms with Crippen molar-refractivity contribution in [3.63, 3.8) is 0 Å². The van der Waals surface area contributed by atoms with E-state index in [9.17, 15) is 0 Å². The summed E-state index contributed by atoms with van der Waals surface area (Å²) in [5, 5.41) is 8.42. The van der Waals surface area contributed by atoms with Crippen LogP contribution >= 0.6 is 11.6 Å². The van der Waals surface area contributed by atoms with E-state index in [1.165, 1.54) is 6.42 Å². The predicted molar refractivity (Wildman–Crippen MR) is 68.0 cm³/mol. The quantitative estimate of drug-likeness (QED) is 0.736. The largest absolute Gasteiger partial charge is 0.315 e. The lowest BCUT2D eigenvalue weighted by molar-refractivity contribution is 0.392. The van der Waals surface area contributed by atoms with Gasteiger partial charge in [0, 0.05) is 12.7 Å². The zero-order chi connectivity index (χ0) is 12.0. The highest BCUT2D eigenvalue weighted by Gasteiger charge is 2.00. The summed E-state index contributed by atoms with van der Waals surface area (Å²) in [6, 6.07) is 0. The monoisotopic (exact) mass is 244 g/mol. The molecule has 0 saturated carbocycles. The number of hydrogen-bond donors (Lipinski definition) is 1. The molecule has 0 aliphatic heterocycles. The maximum Gasteiger partial charge on any atom is 0.0814 e. The second-order valence-electron chi connectivity index (χ2n) is 4.23.